The SMILES string of the molecule is O=[C-]O.[CH2-]C.[V+2].[W]. The zero-order chi connectivity index (χ0) is 4.71. The molecule has 2 nitrogen and oxygen atoms in total. The second-order valence-electron chi connectivity index (χ2n) is 0.0913. The van der Waals surface area contributed by atoms with Crippen molar-refractivity contribution in [1.29, 1.82) is 0 Å². The third kappa shape index (κ3) is 275. The van der Waals surface area contributed by atoms with Crippen LogP contribution in [0.3, 0.4) is 0 Å². The van der Waals surface area contributed by atoms with Gasteiger partial charge < -0.3 is 16.8 Å². The van der Waals surface area contributed by atoms with Gasteiger partial charge in [-0.2, -0.15) is 6.92 Å². The first-order chi connectivity index (χ1) is 2.41. The molecule has 0 bridgehead atoms. The summed E-state index contributed by atoms with van der Waals surface area (Å²) in [7, 11) is 0. The molecule has 0 saturated heterocycles. The molecule has 4 heteroatoms. The van der Waals surface area contributed by atoms with Crippen molar-refractivity contribution < 1.29 is 49.5 Å². The van der Waals surface area contributed by atoms with E-state index in [9.17, 15) is 0 Å². The Kier molecular flexibility index (Phi) is 263. The van der Waals surface area contributed by atoms with E-state index in [0.29, 0.717) is 6.47 Å². The van der Waals surface area contributed by atoms with Crippen LogP contribution in [-0.4, -0.2) is 11.6 Å². The largest absolute Gasteiger partial charge is 2.00 e. The monoisotopic (exact) mass is 309 g/mol. The molecular formula is C3H6O2VW. The maximum atomic E-state index is 8.24. The van der Waals surface area contributed by atoms with Crippen LogP contribution in [0.25, 0.3) is 0 Å². The van der Waals surface area contributed by atoms with E-state index in [4.69, 9.17) is 9.90 Å². The van der Waals surface area contributed by atoms with Gasteiger partial charge in [0, 0.05) is 21.1 Å². The van der Waals surface area contributed by atoms with E-state index in [0.717, 1.165) is 0 Å². The predicted octanol–water partition coefficient (Wildman–Crippen LogP) is 0.447. The van der Waals surface area contributed by atoms with Gasteiger partial charge in [-0.05, 0) is 0 Å². The molecule has 0 unspecified atom stereocenters. The molecule has 0 spiro atoms. The molecule has 0 aromatic heterocycles. The van der Waals surface area contributed by atoms with E-state index in [1.54, 1.807) is 6.92 Å². The van der Waals surface area contributed by atoms with E-state index in [1.807, 2.05) is 0 Å². The van der Waals surface area contributed by atoms with Gasteiger partial charge in [-0.1, -0.05) is 6.47 Å². The maximum Gasteiger partial charge on any atom is 2.00 e. The van der Waals surface area contributed by atoms with Crippen LogP contribution < -0.4 is 0 Å². The third-order valence-electron chi connectivity index (χ3n) is 0. The summed E-state index contributed by atoms with van der Waals surface area (Å²) in [5.41, 5.74) is 0. The van der Waals surface area contributed by atoms with Crippen molar-refractivity contribution in [1.82, 2.24) is 0 Å². The minimum absolute atomic E-state index is 0. The summed E-state index contributed by atoms with van der Waals surface area (Å²) in [5, 5.41) is 6.76. The smallest absolute Gasteiger partial charge is 0.665 e. The molecule has 0 heterocycles. The van der Waals surface area contributed by atoms with E-state index in [2.05, 4.69) is 6.92 Å². The van der Waals surface area contributed by atoms with Crippen molar-refractivity contribution in [2.75, 3.05) is 0 Å². The number of rotatable bonds is 0. The summed E-state index contributed by atoms with van der Waals surface area (Å²) in [6.07, 6.45) is 0. The Morgan fingerprint density at radius 1 is 1.57 bits per heavy atom. The fourth-order valence-electron chi connectivity index (χ4n) is 0. The second-order valence-corrected chi connectivity index (χ2v) is 0.0913. The Bertz CT molecular complexity index is 20.4. The first-order valence-electron chi connectivity index (χ1n) is 1.13. The quantitative estimate of drug-likeness (QED) is 0.660. The van der Waals surface area contributed by atoms with E-state index < -0.39 is 0 Å². The normalized spacial score (nSPS) is 2.57. The van der Waals surface area contributed by atoms with Gasteiger partial charge >= 0.3 is 18.6 Å². The van der Waals surface area contributed by atoms with Crippen LogP contribution in [0.2, 0.25) is 0 Å². The topological polar surface area (TPSA) is 37.3 Å². The minimum Gasteiger partial charge on any atom is -0.665 e. The molecular weight excluding hydrogens is 303 g/mol. The van der Waals surface area contributed by atoms with Crippen LogP contribution in [0.1, 0.15) is 6.92 Å². The predicted molar refractivity (Wildman–Crippen MR) is 19.4 cm³/mol. The molecule has 1 N–H and O–H groups in total. The van der Waals surface area contributed by atoms with Crippen LogP contribution >= 0.6 is 0 Å². The van der Waals surface area contributed by atoms with Crippen LogP contribution in [-0.2, 0) is 44.4 Å². The molecule has 1 radical (unpaired) electrons. The molecule has 0 aliphatic heterocycles. The summed E-state index contributed by atoms with van der Waals surface area (Å²) in [6.45, 7) is 5.50. The molecule has 0 atom stereocenters. The number of hydrogen-bond acceptors (Lipinski definition) is 1. The zero-order valence-electron chi connectivity index (χ0n) is 3.92. The molecule has 0 aliphatic carbocycles. The average Bonchev–Trinajstić information content (AvgIpc) is 1.46. The fraction of sp³-hybridized carbons (Fsp3) is 0.333. The Morgan fingerprint density at radius 3 is 1.57 bits per heavy atom. The van der Waals surface area contributed by atoms with Gasteiger partial charge in [-0.3, -0.25) is 0 Å². The van der Waals surface area contributed by atoms with E-state index >= 15 is 0 Å². The molecule has 0 aromatic carbocycles. The van der Waals surface area contributed by atoms with Gasteiger partial charge in [0.2, 0.25) is 0 Å². The summed E-state index contributed by atoms with van der Waals surface area (Å²) in [6, 6.07) is 0. The van der Waals surface area contributed by atoms with Gasteiger partial charge in [0.25, 0.3) is 0 Å². The van der Waals surface area contributed by atoms with E-state index in [-0.39, 0.29) is 39.6 Å². The minimum atomic E-state index is 0. The molecule has 7 heavy (non-hydrogen) atoms. The van der Waals surface area contributed by atoms with Crippen molar-refractivity contribution in [2.24, 2.45) is 0 Å². The summed E-state index contributed by atoms with van der Waals surface area (Å²) in [5.74, 6) is 0. The van der Waals surface area contributed by atoms with Crippen molar-refractivity contribution in [3.8, 4) is 0 Å². The summed E-state index contributed by atoms with van der Waals surface area (Å²) in [4.78, 5) is 8.24. The Labute approximate surface area is 69.8 Å². The molecule has 0 rings (SSSR count). The summed E-state index contributed by atoms with van der Waals surface area (Å²) < 4.78 is 0. The molecule has 41 valence electrons. The number of hydrogen-bond donors (Lipinski definition) is 1. The molecule has 0 aliphatic rings. The number of aliphatic hydroxyl groups excluding tert-OH is 1. The zero-order valence-corrected chi connectivity index (χ0v) is 8.25. The standard InChI is InChI=1S/C2H5.CHO2.V.W/c1-2;2-1-3;;/h1H2,2H3;(H,2,3);;/q2*-1;+2;. The van der Waals surface area contributed by atoms with Gasteiger partial charge in [-0.25, -0.2) is 0 Å². The van der Waals surface area contributed by atoms with Crippen molar-refractivity contribution in [2.45, 2.75) is 6.92 Å². The van der Waals surface area contributed by atoms with Gasteiger partial charge in [0.15, 0.2) is 0 Å². The first kappa shape index (κ1) is 25.1. The van der Waals surface area contributed by atoms with Gasteiger partial charge in [0.1, 0.15) is 0 Å². The van der Waals surface area contributed by atoms with Gasteiger partial charge in [0.05, 0.1) is 0 Å². The third-order valence-corrected chi connectivity index (χ3v) is 0. The molecule has 0 aromatic rings. The van der Waals surface area contributed by atoms with Crippen LogP contribution in [0.5, 0.6) is 0 Å². The molecule has 0 amide bonds. The summed E-state index contributed by atoms with van der Waals surface area (Å²) >= 11 is 0. The van der Waals surface area contributed by atoms with Crippen LogP contribution in [0.4, 0.5) is 0 Å². The molecule has 0 saturated carbocycles. The Morgan fingerprint density at radius 2 is 1.57 bits per heavy atom. The van der Waals surface area contributed by atoms with Crippen molar-refractivity contribution in [3.63, 3.8) is 0 Å². The average molecular weight is 309 g/mol. The Balaban J connectivity index is -0.0000000105. The van der Waals surface area contributed by atoms with Crippen molar-refractivity contribution >= 4 is 6.47 Å². The first-order valence-corrected chi connectivity index (χ1v) is 1.13. The van der Waals surface area contributed by atoms with Crippen LogP contribution in [0, 0.1) is 6.92 Å². The van der Waals surface area contributed by atoms with Gasteiger partial charge in [-0.15, -0.1) is 0 Å². The molecule has 0 fully saturated rings. The van der Waals surface area contributed by atoms with Crippen molar-refractivity contribution in [3.05, 3.63) is 6.92 Å². The fourth-order valence-corrected chi connectivity index (χ4v) is 0. The van der Waals surface area contributed by atoms with Crippen LogP contribution in [0.15, 0.2) is 0 Å². The Hall–Kier alpha value is 0.743. The van der Waals surface area contributed by atoms with E-state index in [1.165, 1.54) is 0 Å². The second kappa shape index (κ2) is 73.2. The maximum absolute atomic E-state index is 8.24.